The first-order valence-corrected chi connectivity index (χ1v) is 8.97. The normalized spacial score (nSPS) is 20.4. The number of hydrogen-bond donors (Lipinski definition) is 1. The van der Waals surface area contributed by atoms with Crippen molar-refractivity contribution >= 4 is 12.0 Å². The van der Waals surface area contributed by atoms with Crippen molar-refractivity contribution in [3.63, 3.8) is 0 Å². The maximum absolute atomic E-state index is 13.1. The SMILES string of the molecule is CCOc1cc(/C=C/C(=O)NC2CCCCC2C(F)(F)F)ccc1OC(F)F. The molecule has 1 saturated carbocycles. The molecular formula is C19H22F5NO3. The van der Waals surface area contributed by atoms with E-state index in [9.17, 15) is 26.7 Å². The Morgan fingerprint density at radius 1 is 1.25 bits per heavy atom. The highest BCUT2D eigenvalue weighted by Crippen LogP contribution is 2.37. The van der Waals surface area contributed by atoms with E-state index >= 15 is 0 Å². The first kappa shape index (κ1) is 22.0. The smallest absolute Gasteiger partial charge is 0.393 e. The maximum Gasteiger partial charge on any atom is 0.393 e. The standard InChI is InChI=1S/C19H22F5NO3/c1-2-27-16-11-12(7-9-15(16)28-18(20)21)8-10-17(26)25-14-6-4-3-5-13(14)19(22,23)24/h7-11,13-14,18H,2-6H2,1H3,(H,25,26)/b10-8+. The lowest BCUT2D eigenvalue weighted by atomic mass is 9.84. The van der Waals surface area contributed by atoms with E-state index in [2.05, 4.69) is 10.1 Å². The van der Waals surface area contributed by atoms with E-state index in [1.807, 2.05) is 0 Å². The molecule has 2 unspecified atom stereocenters. The Bertz CT molecular complexity index is 691. The zero-order valence-electron chi connectivity index (χ0n) is 15.3. The topological polar surface area (TPSA) is 47.6 Å². The fourth-order valence-electron chi connectivity index (χ4n) is 3.19. The molecule has 0 spiro atoms. The first-order valence-electron chi connectivity index (χ1n) is 8.97. The summed E-state index contributed by atoms with van der Waals surface area (Å²) in [5.41, 5.74) is 0.455. The molecule has 2 rings (SSSR count). The van der Waals surface area contributed by atoms with Crippen LogP contribution in [0.1, 0.15) is 38.2 Å². The van der Waals surface area contributed by atoms with Crippen LogP contribution >= 0.6 is 0 Å². The van der Waals surface area contributed by atoms with Gasteiger partial charge in [-0.15, -0.1) is 0 Å². The average molecular weight is 407 g/mol. The Morgan fingerprint density at radius 2 is 1.96 bits per heavy atom. The highest BCUT2D eigenvalue weighted by Gasteiger charge is 2.45. The van der Waals surface area contributed by atoms with Crippen molar-refractivity contribution in [3.05, 3.63) is 29.8 Å². The van der Waals surface area contributed by atoms with Crippen LogP contribution in [0.5, 0.6) is 11.5 Å². The maximum atomic E-state index is 13.1. The third-order valence-corrected chi connectivity index (χ3v) is 4.42. The van der Waals surface area contributed by atoms with Crippen molar-refractivity contribution < 1.29 is 36.2 Å². The van der Waals surface area contributed by atoms with Gasteiger partial charge in [0.05, 0.1) is 12.5 Å². The lowest BCUT2D eigenvalue weighted by molar-refractivity contribution is -0.188. The van der Waals surface area contributed by atoms with Crippen molar-refractivity contribution in [3.8, 4) is 11.5 Å². The van der Waals surface area contributed by atoms with Gasteiger partial charge < -0.3 is 14.8 Å². The molecule has 2 atom stereocenters. The minimum atomic E-state index is -4.35. The van der Waals surface area contributed by atoms with Crippen molar-refractivity contribution in [1.82, 2.24) is 5.32 Å². The van der Waals surface area contributed by atoms with Crippen LogP contribution in [0, 0.1) is 5.92 Å². The highest BCUT2D eigenvalue weighted by atomic mass is 19.4. The van der Waals surface area contributed by atoms with Gasteiger partial charge in [-0.25, -0.2) is 0 Å². The van der Waals surface area contributed by atoms with Crippen LogP contribution in [0.3, 0.4) is 0 Å². The van der Waals surface area contributed by atoms with E-state index in [1.165, 1.54) is 24.3 Å². The van der Waals surface area contributed by atoms with Crippen LogP contribution in [0.4, 0.5) is 22.0 Å². The van der Waals surface area contributed by atoms with E-state index < -0.39 is 30.7 Å². The molecule has 1 fully saturated rings. The van der Waals surface area contributed by atoms with Gasteiger partial charge in [-0.3, -0.25) is 4.79 Å². The molecule has 156 valence electrons. The Labute approximate surface area is 159 Å². The van der Waals surface area contributed by atoms with Crippen molar-refractivity contribution in [2.75, 3.05) is 6.61 Å². The summed E-state index contributed by atoms with van der Waals surface area (Å²) in [5, 5.41) is 2.42. The fourth-order valence-corrected chi connectivity index (χ4v) is 3.19. The number of ether oxygens (including phenoxy) is 2. The summed E-state index contributed by atoms with van der Waals surface area (Å²) >= 11 is 0. The van der Waals surface area contributed by atoms with Gasteiger partial charge in [-0.2, -0.15) is 22.0 Å². The van der Waals surface area contributed by atoms with Crippen molar-refractivity contribution in [1.29, 1.82) is 0 Å². The average Bonchev–Trinajstić information content (AvgIpc) is 2.61. The van der Waals surface area contributed by atoms with Gasteiger partial charge in [0.15, 0.2) is 11.5 Å². The number of carbonyl (C=O) groups is 1. The Kier molecular flexibility index (Phi) is 7.65. The molecule has 1 aromatic rings. The van der Waals surface area contributed by atoms with E-state index in [4.69, 9.17) is 4.74 Å². The summed E-state index contributed by atoms with van der Waals surface area (Å²) in [7, 11) is 0. The number of benzene rings is 1. The predicted molar refractivity (Wildman–Crippen MR) is 93.2 cm³/mol. The van der Waals surface area contributed by atoms with Gasteiger partial charge in [0, 0.05) is 12.1 Å². The molecule has 1 aliphatic carbocycles. The quantitative estimate of drug-likeness (QED) is 0.515. The van der Waals surface area contributed by atoms with Crippen molar-refractivity contribution in [2.24, 2.45) is 5.92 Å². The molecule has 9 heteroatoms. The lowest BCUT2D eigenvalue weighted by Crippen LogP contribution is -2.47. The minimum Gasteiger partial charge on any atom is -0.490 e. The van der Waals surface area contributed by atoms with E-state index in [-0.39, 0.29) is 30.9 Å². The van der Waals surface area contributed by atoms with Crippen LogP contribution in [-0.4, -0.2) is 31.3 Å². The van der Waals surface area contributed by atoms with Crippen LogP contribution in [0.2, 0.25) is 0 Å². The molecule has 1 aromatic carbocycles. The third kappa shape index (κ3) is 6.38. The summed E-state index contributed by atoms with van der Waals surface area (Å²) in [6.45, 7) is -1.12. The molecule has 1 amide bonds. The third-order valence-electron chi connectivity index (χ3n) is 4.42. The molecule has 1 aliphatic rings. The second kappa shape index (κ2) is 9.75. The summed E-state index contributed by atoms with van der Waals surface area (Å²) in [4.78, 5) is 12.1. The monoisotopic (exact) mass is 407 g/mol. The number of nitrogens with one attached hydrogen (secondary N) is 1. The molecule has 0 radical (unpaired) electrons. The number of alkyl halides is 5. The van der Waals surface area contributed by atoms with Crippen LogP contribution in [0.25, 0.3) is 6.08 Å². The minimum absolute atomic E-state index is 0.00146. The van der Waals surface area contributed by atoms with Gasteiger partial charge in [-0.1, -0.05) is 18.9 Å². The van der Waals surface area contributed by atoms with Gasteiger partial charge in [0.2, 0.25) is 5.91 Å². The van der Waals surface area contributed by atoms with Crippen LogP contribution in [0.15, 0.2) is 24.3 Å². The molecule has 0 saturated heterocycles. The largest absolute Gasteiger partial charge is 0.490 e. The van der Waals surface area contributed by atoms with Crippen LogP contribution in [-0.2, 0) is 4.79 Å². The molecular weight excluding hydrogens is 385 g/mol. The summed E-state index contributed by atoms with van der Waals surface area (Å²) in [5.74, 6) is -2.26. The van der Waals surface area contributed by atoms with E-state index in [1.54, 1.807) is 6.92 Å². The number of halogens is 5. The Hall–Kier alpha value is -2.32. The molecule has 0 bridgehead atoms. The summed E-state index contributed by atoms with van der Waals surface area (Å²) in [6, 6.07) is 3.16. The zero-order valence-corrected chi connectivity index (χ0v) is 15.3. The number of carbonyl (C=O) groups excluding carboxylic acids is 1. The van der Waals surface area contributed by atoms with Gasteiger partial charge in [0.25, 0.3) is 0 Å². The number of rotatable bonds is 7. The zero-order chi connectivity index (χ0) is 20.7. The molecule has 0 heterocycles. The van der Waals surface area contributed by atoms with E-state index in [0.717, 1.165) is 6.08 Å². The molecule has 0 aliphatic heterocycles. The fraction of sp³-hybridized carbons (Fsp3) is 0.526. The Balaban J connectivity index is 2.05. The Morgan fingerprint density at radius 3 is 2.61 bits per heavy atom. The molecule has 4 nitrogen and oxygen atoms in total. The second-order valence-electron chi connectivity index (χ2n) is 6.40. The predicted octanol–water partition coefficient (Wildman–Crippen LogP) is 4.94. The van der Waals surface area contributed by atoms with Crippen molar-refractivity contribution in [2.45, 2.75) is 51.4 Å². The number of amides is 1. The lowest BCUT2D eigenvalue weighted by Gasteiger charge is -2.33. The van der Waals surface area contributed by atoms with Gasteiger partial charge in [0.1, 0.15) is 0 Å². The van der Waals surface area contributed by atoms with Crippen LogP contribution < -0.4 is 14.8 Å². The molecule has 28 heavy (non-hydrogen) atoms. The van der Waals surface area contributed by atoms with Gasteiger partial charge in [-0.05, 0) is 43.5 Å². The first-order chi connectivity index (χ1) is 13.2. The number of hydrogen-bond acceptors (Lipinski definition) is 3. The summed E-state index contributed by atoms with van der Waals surface area (Å²) in [6.07, 6.45) is -0.477. The summed E-state index contributed by atoms with van der Waals surface area (Å²) < 4.78 is 73.7. The second-order valence-corrected chi connectivity index (χ2v) is 6.40. The van der Waals surface area contributed by atoms with Gasteiger partial charge >= 0.3 is 12.8 Å². The molecule has 1 N–H and O–H groups in total. The molecule has 0 aromatic heterocycles. The highest BCUT2D eigenvalue weighted by molar-refractivity contribution is 5.92. The van der Waals surface area contributed by atoms with E-state index in [0.29, 0.717) is 18.4 Å².